The molecule has 2 aromatic carbocycles. The topological polar surface area (TPSA) is 93.0 Å². The number of ether oxygens (including phenoxy) is 2. The van der Waals surface area contributed by atoms with Crippen LogP contribution in [0.5, 0.6) is 17.4 Å². The van der Waals surface area contributed by atoms with E-state index in [2.05, 4.69) is 54.2 Å². The minimum atomic E-state index is -0.292. The molecule has 4 aromatic rings. The van der Waals surface area contributed by atoms with Gasteiger partial charge in [0.15, 0.2) is 5.65 Å². The van der Waals surface area contributed by atoms with Crippen molar-refractivity contribution in [2.75, 3.05) is 37.9 Å². The van der Waals surface area contributed by atoms with Gasteiger partial charge in [0.25, 0.3) is 0 Å². The van der Waals surface area contributed by atoms with Gasteiger partial charge in [-0.2, -0.15) is 9.61 Å². The molecule has 9 heteroatoms. The molecular weight excluding hydrogens is 504 g/mol. The summed E-state index contributed by atoms with van der Waals surface area (Å²) in [6, 6.07) is 13.0. The summed E-state index contributed by atoms with van der Waals surface area (Å²) in [6.07, 6.45) is 6.05. The molecule has 0 aliphatic carbocycles. The van der Waals surface area contributed by atoms with Gasteiger partial charge in [-0.1, -0.05) is 19.6 Å². The lowest BCUT2D eigenvalue weighted by Crippen LogP contribution is -2.29. The lowest BCUT2D eigenvalue weighted by molar-refractivity contribution is -0.111. The molecule has 0 radical (unpaired) electrons. The SMILES string of the molecule is C=CC(=O)Nc1cccc(Oc2cc(Nc3c(OC)cc(C4CCN(C)CC4)c(C)c3CC)nc3ccnn23)c1. The molecule has 2 aromatic heterocycles. The maximum absolute atomic E-state index is 11.7. The second-order valence-corrected chi connectivity index (χ2v) is 10.1. The number of benzene rings is 2. The number of amides is 1. The average molecular weight is 541 g/mol. The Morgan fingerprint density at radius 2 is 2.00 bits per heavy atom. The van der Waals surface area contributed by atoms with Crippen LogP contribution >= 0.6 is 0 Å². The highest BCUT2D eigenvalue weighted by molar-refractivity contribution is 5.98. The number of anilines is 3. The molecule has 40 heavy (non-hydrogen) atoms. The summed E-state index contributed by atoms with van der Waals surface area (Å²) in [7, 11) is 3.90. The van der Waals surface area contributed by atoms with Crippen molar-refractivity contribution < 1.29 is 14.3 Å². The molecule has 1 amide bonds. The van der Waals surface area contributed by atoms with Crippen molar-refractivity contribution in [1.82, 2.24) is 19.5 Å². The van der Waals surface area contributed by atoms with E-state index in [9.17, 15) is 4.79 Å². The molecule has 0 bridgehead atoms. The van der Waals surface area contributed by atoms with Crippen molar-refractivity contribution in [3.05, 3.63) is 78.0 Å². The Morgan fingerprint density at radius 1 is 1.20 bits per heavy atom. The first-order chi connectivity index (χ1) is 19.4. The Kier molecular flexibility index (Phi) is 8.02. The minimum absolute atomic E-state index is 0.292. The third-order valence-electron chi connectivity index (χ3n) is 7.54. The highest BCUT2D eigenvalue weighted by Gasteiger charge is 2.24. The van der Waals surface area contributed by atoms with Crippen molar-refractivity contribution >= 4 is 28.7 Å². The van der Waals surface area contributed by atoms with Gasteiger partial charge >= 0.3 is 0 Å². The first-order valence-electron chi connectivity index (χ1n) is 13.6. The first kappa shape index (κ1) is 27.2. The molecule has 3 heterocycles. The van der Waals surface area contributed by atoms with Gasteiger partial charge in [-0.15, -0.1) is 0 Å². The zero-order valence-electron chi connectivity index (χ0n) is 23.5. The van der Waals surface area contributed by atoms with Crippen LogP contribution in [0.15, 0.2) is 61.3 Å². The van der Waals surface area contributed by atoms with E-state index < -0.39 is 0 Å². The summed E-state index contributed by atoms with van der Waals surface area (Å²) >= 11 is 0. The second kappa shape index (κ2) is 11.8. The molecule has 1 fully saturated rings. The summed E-state index contributed by atoms with van der Waals surface area (Å²) < 4.78 is 13.8. The number of nitrogens with one attached hydrogen (secondary N) is 2. The van der Waals surface area contributed by atoms with Crippen LogP contribution in [0.2, 0.25) is 0 Å². The smallest absolute Gasteiger partial charge is 0.247 e. The summed E-state index contributed by atoms with van der Waals surface area (Å²) in [5, 5.41) is 10.7. The molecular formula is C31H36N6O3. The fourth-order valence-electron chi connectivity index (χ4n) is 5.42. The van der Waals surface area contributed by atoms with Crippen LogP contribution in [0, 0.1) is 6.92 Å². The molecule has 0 saturated carbocycles. The normalized spacial score (nSPS) is 14.2. The van der Waals surface area contributed by atoms with E-state index in [0.717, 1.165) is 43.8 Å². The Balaban J connectivity index is 1.49. The van der Waals surface area contributed by atoms with Crippen molar-refractivity contribution in [3.8, 4) is 17.4 Å². The van der Waals surface area contributed by atoms with Crippen molar-refractivity contribution in [3.63, 3.8) is 0 Å². The van der Waals surface area contributed by atoms with Crippen molar-refractivity contribution in [1.29, 1.82) is 0 Å². The van der Waals surface area contributed by atoms with E-state index in [1.807, 2.05) is 24.3 Å². The standard InChI is InChI=1S/C31H36N6O3/c1-6-24-20(3)25(21-12-15-36(4)16-13-21)18-26(39-5)31(24)35-27-19-30(37-28(34-27)11-14-32-37)40-23-10-8-9-22(17-23)33-29(38)7-2/h7-11,14,17-19,21H,2,6,12-13,15-16H2,1,3-5H3,(H,33,38)(H,34,35). The number of aromatic nitrogens is 3. The van der Waals surface area contributed by atoms with Crippen LogP contribution in [-0.4, -0.2) is 52.7 Å². The molecule has 2 N–H and O–H groups in total. The zero-order valence-corrected chi connectivity index (χ0v) is 23.5. The Bertz CT molecular complexity index is 1540. The predicted octanol–water partition coefficient (Wildman–Crippen LogP) is 6.08. The van der Waals surface area contributed by atoms with Crippen LogP contribution < -0.4 is 20.1 Å². The highest BCUT2D eigenvalue weighted by atomic mass is 16.5. The number of carbonyl (C=O) groups excluding carboxylic acids is 1. The number of carbonyl (C=O) groups is 1. The van der Waals surface area contributed by atoms with Gasteiger partial charge in [0, 0.05) is 23.9 Å². The van der Waals surface area contributed by atoms with Gasteiger partial charge in [0.2, 0.25) is 11.8 Å². The van der Waals surface area contributed by atoms with E-state index in [1.54, 1.807) is 30.0 Å². The molecule has 1 saturated heterocycles. The molecule has 9 nitrogen and oxygen atoms in total. The molecule has 1 aliphatic heterocycles. The number of fused-ring (bicyclic) bond motifs is 1. The van der Waals surface area contributed by atoms with Crippen LogP contribution in [0.25, 0.3) is 5.65 Å². The lowest BCUT2D eigenvalue weighted by atomic mass is 9.84. The van der Waals surface area contributed by atoms with Gasteiger partial charge in [0.05, 0.1) is 19.0 Å². The van der Waals surface area contributed by atoms with E-state index in [-0.39, 0.29) is 5.91 Å². The quantitative estimate of drug-likeness (QED) is 0.249. The Hall–Kier alpha value is -4.37. The maximum atomic E-state index is 11.7. The van der Waals surface area contributed by atoms with E-state index in [1.165, 1.54) is 22.8 Å². The number of hydrogen-bond acceptors (Lipinski definition) is 7. The molecule has 208 valence electrons. The Morgan fingerprint density at radius 3 is 2.73 bits per heavy atom. The monoisotopic (exact) mass is 540 g/mol. The van der Waals surface area contributed by atoms with Crippen LogP contribution in [0.4, 0.5) is 17.2 Å². The van der Waals surface area contributed by atoms with Crippen molar-refractivity contribution in [2.45, 2.75) is 39.0 Å². The van der Waals surface area contributed by atoms with Crippen molar-refractivity contribution in [2.24, 2.45) is 0 Å². The van der Waals surface area contributed by atoms with Crippen LogP contribution in [0.1, 0.15) is 42.4 Å². The van der Waals surface area contributed by atoms with Gasteiger partial charge < -0.3 is 25.0 Å². The van der Waals surface area contributed by atoms with Gasteiger partial charge in [0.1, 0.15) is 17.3 Å². The van der Waals surface area contributed by atoms with E-state index in [4.69, 9.17) is 14.5 Å². The fourth-order valence-corrected chi connectivity index (χ4v) is 5.42. The average Bonchev–Trinajstić information content (AvgIpc) is 3.43. The summed E-state index contributed by atoms with van der Waals surface area (Å²) in [6.45, 7) is 10.1. The summed E-state index contributed by atoms with van der Waals surface area (Å²) in [5.41, 5.74) is 6.05. The molecule has 0 spiro atoms. The van der Waals surface area contributed by atoms with Gasteiger partial charge in [-0.25, -0.2) is 4.98 Å². The number of likely N-dealkylation sites (tertiary alicyclic amines) is 1. The predicted molar refractivity (Wildman–Crippen MR) is 158 cm³/mol. The maximum Gasteiger partial charge on any atom is 0.247 e. The van der Waals surface area contributed by atoms with E-state index >= 15 is 0 Å². The third kappa shape index (κ3) is 5.65. The van der Waals surface area contributed by atoms with E-state index in [0.29, 0.717) is 34.7 Å². The molecule has 0 unspecified atom stereocenters. The second-order valence-electron chi connectivity index (χ2n) is 10.1. The fraction of sp³-hybridized carbons (Fsp3) is 0.323. The lowest BCUT2D eigenvalue weighted by Gasteiger charge is -2.31. The number of hydrogen-bond donors (Lipinski definition) is 2. The number of methoxy groups -OCH3 is 1. The third-order valence-corrected chi connectivity index (χ3v) is 7.54. The molecule has 1 aliphatic rings. The van der Waals surface area contributed by atoms with Crippen LogP contribution in [-0.2, 0) is 11.2 Å². The molecule has 0 atom stereocenters. The minimum Gasteiger partial charge on any atom is -0.495 e. The number of rotatable bonds is 9. The Labute approximate surface area is 234 Å². The summed E-state index contributed by atoms with van der Waals surface area (Å²) in [5.74, 6) is 2.66. The summed E-state index contributed by atoms with van der Waals surface area (Å²) in [4.78, 5) is 18.9. The zero-order chi connectivity index (χ0) is 28.2. The number of piperidine rings is 1. The highest BCUT2D eigenvalue weighted by Crippen LogP contribution is 2.41. The van der Waals surface area contributed by atoms with Gasteiger partial charge in [-0.05, 0) is 93.2 Å². The molecule has 5 rings (SSSR count). The van der Waals surface area contributed by atoms with Crippen LogP contribution in [0.3, 0.4) is 0 Å². The number of nitrogens with zero attached hydrogens (tertiary/aromatic N) is 4. The first-order valence-corrected chi connectivity index (χ1v) is 13.6. The largest absolute Gasteiger partial charge is 0.495 e. The van der Waals surface area contributed by atoms with Gasteiger partial charge in [-0.3, -0.25) is 4.79 Å².